The molecule has 1 fully saturated rings. The molecule has 1 unspecified atom stereocenters. The molecule has 1 rings (SSSR count). The fourth-order valence-electron chi connectivity index (χ4n) is 2.57. The summed E-state index contributed by atoms with van der Waals surface area (Å²) in [6, 6.07) is 0.200. The average molecular weight is 319 g/mol. The molecule has 1 aliphatic heterocycles. The maximum Gasteiger partial charge on any atom is 0.317 e. The molecule has 0 aromatic heterocycles. The molecule has 0 aliphatic carbocycles. The van der Waals surface area contributed by atoms with Crippen molar-refractivity contribution >= 4 is 16.1 Å². The highest BCUT2D eigenvalue weighted by Gasteiger charge is 2.28. The second kappa shape index (κ2) is 7.45. The van der Waals surface area contributed by atoms with Gasteiger partial charge in [0.1, 0.15) is 0 Å². The molecule has 0 bridgehead atoms. The van der Waals surface area contributed by atoms with E-state index in [9.17, 15) is 13.2 Å². The topological polar surface area (TPSA) is 69.7 Å². The number of carbonyl (C=O) groups is 1. The first-order valence-corrected chi connectivity index (χ1v) is 9.53. The van der Waals surface area contributed by atoms with Gasteiger partial charge in [0.05, 0.1) is 6.26 Å². The monoisotopic (exact) mass is 319 g/mol. The number of rotatable bonds is 5. The SMILES string of the molecule is CCN(C(=O)NC1CCN(S(C)(=O)=O)CC1)C(C)C(C)C. The molecule has 0 aromatic rings. The van der Waals surface area contributed by atoms with E-state index in [1.807, 2.05) is 11.8 Å². The summed E-state index contributed by atoms with van der Waals surface area (Å²) >= 11 is 0. The summed E-state index contributed by atoms with van der Waals surface area (Å²) in [5.41, 5.74) is 0. The molecule has 1 N–H and O–H groups in total. The van der Waals surface area contributed by atoms with E-state index < -0.39 is 10.0 Å². The first-order chi connectivity index (χ1) is 9.66. The third-order valence-corrected chi connectivity index (χ3v) is 5.61. The highest BCUT2D eigenvalue weighted by molar-refractivity contribution is 7.88. The van der Waals surface area contributed by atoms with Crippen molar-refractivity contribution in [3.8, 4) is 0 Å². The molecule has 0 radical (unpaired) electrons. The number of hydrogen-bond acceptors (Lipinski definition) is 3. The lowest BCUT2D eigenvalue weighted by molar-refractivity contribution is 0.158. The van der Waals surface area contributed by atoms with E-state index in [2.05, 4.69) is 26.1 Å². The van der Waals surface area contributed by atoms with Crippen LogP contribution in [-0.2, 0) is 10.0 Å². The smallest absolute Gasteiger partial charge is 0.317 e. The fraction of sp³-hybridized carbons (Fsp3) is 0.929. The highest BCUT2D eigenvalue weighted by atomic mass is 32.2. The Hall–Kier alpha value is -0.820. The Morgan fingerprint density at radius 2 is 1.81 bits per heavy atom. The van der Waals surface area contributed by atoms with Crippen LogP contribution < -0.4 is 5.32 Å². The fourth-order valence-corrected chi connectivity index (χ4v) is 3.44. The molecule has 21 heavy (non-hydrogen) atoms. The maximum absolute atomic E-state index is 12.3. The van der Waals surface area contributed by atoms with Gasteiger partial charge < -0.3 is 10.2 Å². The number of carbonyl (C=O) groups excluding carboxylic acids is 1. The normalized spacial score (nSPS) is 19.5. The van der Waals surface area contributed by atoms with Crippen LogP contribution in [0, 0.1) is 5.92 Å². The van der Waals surface area contributed by atoms with Crippen LogP contribution in [0.5, 0.6) is 0 Å². The second-order valence-electron chi connectivity index (χ2n) is 6.16. The maximum atomic E-state index is 12.3. The van der Waals surface area contributed by atoms with Crippen molar-refractivity contribution in [1.82, 2.24) is 14.5 Å². The summed E-state index contributed by atoms with van der Waals surface area (Å²) in [5.74, 6) is 0.405. The highest BCUT2D eigenvalue weighted by Crippen LogP contribution is 2.15. The zero-order valence-corrected chi connectivity index (χ0v) is 14.6. The molecule has 2 amide bonds. The van der Waals surface area contributed by atoms with Gasteiger partial charge in [-0.15, -0.1) is 0 Å². The minimum absolute atomic E-state index is 0.0449. The molecule has 1 saturated heterocycles. The number of sulfonamides is 1. The minimum Gasteiger partial charge on any atom is -0.335 e. The lowest BCUT2D eigenvalue weighted by atomic mass is 10.0. The molecule has 124 valence electrons. The van der Waals surface area contributed by atoms with Crippen molar-refractivity contribution in [2.24, 2.45) is 5.92 Å². The van der Waals surface area contributed by atoms with Gasteiger partial charge in [-0.1, -0.05) is 13.8 Å². The summed E-state index contributed by atoms with van der Waals surface area (Å²) < 4.78 is 24.4. The van der Waals surface area contributed by atoms with Crippen LogP contribution in [0.3, 0.4) is 0 Å². The molecule has 7 heteroatoms. The summed E-state index contributed by atoms with van der Waals surface area (Å²) in [4.78, 5) is 14.2. The quantitative estimate of drug-likeness (QED) is 0.834. The number of amides is 2. The molecule has 1 aliphatic rings. The standard InChI is InChI=1S/C14H29N3O3S/c1-6-17(12(4)11(2)3)14(18)15-13-7-9-16(10-8-13)21(5,19)20/h11-13H,6-10H2,1-5H3,(H,15,18). The number of urea groups is 1. The Kier molecular flexibility index (Phi) is 6.46. The van der Waals surface area contributed by atoms with E-state index in [4.69, 9.17) is 0 Å². The van der Waals surface area contributed by atoms with Crippen LogP contribution in [0.2, 0.25) is 0 Å². The molecular weight excluding hydrogens is 290 g/mol. The molecule has 0 aromatic carbocycles. The van der Waals surface area contributed by atoms with Crippen LogP contribution in [0.15, 0.2) is 0 Å². The van der Waals surface area contributed by atoms with Crippen molar-refractivity contribution in [2.75, 3.05) is 25.9 Å². The first kappa shape index (κ1) is 18.2. The van der Waals surface area contributed by atoms with Crippen molar-refractivity contribution in [3.63, 3.8) is 0 Å². The van der Waals surface area contributed by atoms with Crippen molar-refractivity contribution in [1.29, 1.82) is 0 Å². The van der Waals surface area contributed by atoms with E-state index in [0.29, 0.717) is 38.4 Å². The third kappa shape index (κ3) is 5.14. The summed E-state index contributed by atoms with van der Waals surface area (Å²) in [7, 11) is -3.11. The summed E-state index contributed by atoms with van der Waals surface area (Å²) in [6.45, 7) is 9.87. The molecule has 6 nitrogen and oxygen atoms in total. The Morgan fingerprint density at radius 3 is 2.19 bits per heavy atom. The molecular formula is C14H29N3O3S. The largest absolute Gasteiger partial charge is 0.335 e. The molecule has 0 saturated carbocycles. The molecule has 1 atom stereocenters. The van der Waals surface area contributed by atoms with E-state index in [-0.39, 0.29) is 18.1 Å². The number of hydrogen-bond donors (Lipinski definition) is 1. The van der Waals surface area contributed by atoms with Crippen LogP contribution in [0.4, 0.5) is 4.79 Å². The van der Waals surface area contributed by atoms with E-state index in [0.717, 1.165) is 0 Å². The number of nitrogens with one attached hydrogen (secondary N) is 1. The van der Waals surface area contributed by atoms with Gasteiger partial charge >= 0.3 is 6.03 Å². The Labute approximate surface area is 128 Å². The predicted octanol–water partition coefficient (Wildman–Crippen LogP) is 1.49. The van der Waals surface area contributed by atoms with Crippen LogP contribution >= 0.6 is 0 Å². The van der Waals surface area contributed by atoms with Crippen LogP contribution in [0.25, 0.3) is 0 Å². The van der Waals surface area contributed by atoms with Gasteiger partial charge in [0, 0.05) is 31.7 Å². The van der Waals surface area contributed by atoms with Crippen molar-refractivity contribution < 1.29 is 13.2 Å². The Bertz CT molecular complexity index is 442. The van der Waals surface area contributed by atoms with Gasteiger partial charge in [-0.2, -0.15) is 0 Å². The Balaban J connectivity index is 2.53. The number of piperidine rings is 1. The van der Waals surface area contributed by atoms with Crippen molar-refractivity contribution in [3.05, 3.63) is 0 Å². The average Bonchev–Trinajstić information content (AvgIpc) is 2.38. The second-order valence-corrected chi connectivity index (χ2v) is 8.14. The van der Waals surface area contributed by atoms with E-state index >= 15 is 0 Å². The predicted molar refractivity (Wildman–Crippen MR) is 84.7 cm³/mol. The van der Waals surface area contributed by atoms with E-state index in [1.165, 1.54) is 10.6 Å². The third-order valence-electron chi connectivity index (χ3n) is 4.31. The lowest BCUT2D eigenvalue weighted by Gasteiger charge is -2.35. The lowest BCUT2D eigenvalue weighted by Crippen LogP contribution is -2.52. The molecule has 0 spiro atoms. The van der Waals surface area contributed by atoms with E-state index in [1.54, 1.807) is 0 Å². The first-order valence-electron chi connectivity index (χ1n) is 7.69. The van der Waals surface area contributed by atoms with Gasteiger partial charge in [-0.25, -0.2) is 17.5 Å². The van der Waals surface area contributed by atoms with Gasteiger partial charge in [-0.05, 0) is 32.6 Å². The van der Waals surface area contributed by atoms with Gasteiger partial charge in [0.25, 0.3) is 0 Å². The number of nitrogens with zero attached hydrogens (tertiary/aromatic N) is 2. The van der Waals surface area contributed by atoms with Gasteiger partial charge in [0.15, 0.2) is 0 Å². The van der Waals surface area contributed by atoms with Crippen LogP contribution in [-0.4, -0.2) is 61.6 Å². The minimum atomic E-state index is -3.11. The van der Waals surface area contributed by atoms with Crippen molar-refractivity contribution in [2.45, 2.75) is 52.6 Å². The zero-order chi connectivity index (χ0) is 16.2. The molecule has 1 heterocycles. The van der Waals surface area contributed by atoms with Gasteiger partial charge in [0.2, 0.25) is 10.0 Å². The van der Waals surface area contributed by atoms with Crippen LogP contribution in [0.1, 0.15) is 40.5 Å². The van der Waals surface area contributed by atoms with Gasteiger partial charge in [-0.3, -0.25) is 0 Å². The zero-order valence-electron chi connectivity index (χ0n) is 13.8. The summed E-state index contributed by atoms with van der Waals surface area (Å²) in [6.07, 6.45) is 2.58. The Morgan fingerprint density at radius 1 is 1.29 bits per heavy atom. The summed E-state index contributed by atoms with van der Waals surface area (Å²) in [5, 5.41) is 3.04.